The Balaban J connectivity index is 1.00. The number of ether oxygens (including phenoxy) is 5. The van der Waals surface area contributed by atoms with Gasteiger partial charge in [-0.2, -0.15) is 0 Å². The number of nitrogens with zero attached hydrogens (tertiary/aromatic N) is 4. The third kappa shape index (κ3) is 7.87. The van der Waals surface area contributed by atoms with Crippen molar-refractivity contribution in [2.75, 3.05) is 49.0 Å². The van der Waals surface area contributed by atoms with Crippen LogP contribution in [0.15, 0.2) is 77.8 Å². The zero-order valence-electron chi connectivity index (χ0n) is 31.3. The van der Waals surface area contributed by atoms with E-state index >= 15 is 0 Å². The van der Waals surface area contributed by atoms with Gasteiger partial charge in [0.25, 0.3) is 11.8 Å². The molecule has 0 aliphatic carbocycles. The molecule has 3 amide bonds. The minimum absolute atomic E-state index is 0.0417. The number of aliphatic imine (C=N–C) groups is 1. The highest BCUT2D eigenvalue weighted by atomic mass is 127. The fourth-order valence-corrected chi connectivity index (χ4v) is 7.77. The molecule has 4 aliphatic heterocycles. The number of aliphatic hydroxyl groups excluding tert-OH is 1. The summed E-state index contributed by atoms with van der Waals surface area (Å²) in [6.45, 7) is 9.49. The summed E-state index contributed by atoms with van der Waals surface area (Å²) in [7, 11) is 3.02. The van der Waals surface area contributed by atoms with E-state index in [2.05, 4.69) is 21.7 Å². The molecule has 3 aromatic carbocycles. The number of rotatable bonds is 13. The third-order valence-electron chi connectivity index (χ3n) is 10.3. The minimum atomic E-state index is -1.40. The molecule has 0 spiro atoms. The van der Waals surface area contributed by atoms with Gasteiger partial charge < -0.3 is 42.1 Å². The number of unbranched alkanes of at least 4 members (excludes halogenated alkanes) is 2. The molecule has 15 heteroatoms. The van der Waals surface area contributed by atoms with Gasteiger partial charge in [-0.15, -0.1) is 0 Å². The first-order valence-electron chi connectivity index (χ1n) is 18.4. The number of fused-ring (bicyclic) bond motifs is 4. The van der Waals surface area contributed by atoms with Crippen LogP contribution in [0.2, 0.25) is 0 Å². The van der Waals surface area contributed by atoms with Gasteiger partial charge in [0.2, 0.25) is 0 Å². The zero-order valence-corrected chi connectivity index (χ0v) is 33.5. The molecule has 0 aromatic heterocycles. The van der Waals surface area contributed by atoms with Gasteiger partial charge in [0, 0.05) is 37.1 Å². The molecule has 294 valence electrons. The number of nitrogens with one attached hydrogen (secondary N) is 1. The van der Waals surface area contributed by atoms with E-state index in [1.165, 1.54) is 19.1 Å². The third-order valence-corrected chi connectivity index (χ3v) is 10.9. The maximum absolute atomic E-state index is 13.9. The Morgan fingerprint density at radius 3 is 2.16 bits per heavy atom. The van der Waals surface area contributed by atoms with Gasteiger partial charge >= 0.3 is 6.09 Å². The Labute approximate surface area is 339 Å². The normalized spacial score (nSPS) is 19.8. The lowest BCUT2D eigenvalue weighted by Crippen LogP contribution is -2.50. The number of aliphatic hydroxyl groups is 1. The first kappa shape index (κ1) is 39.0. The molecule has 3 aromatic rings. The van der Waals surface area contributed by atoms with Crippen LogP contribution < -0.4 is 27.4 Å². The van der Waals surface area contributed by atoms with Crippen LogP contribution in [-0.4, -0.2) is 97.9 Å². The van der Waals surface area contributed by atoms with Crippen LogP contribution in [0.1, 0.15) is 58.4 Å². The van der Waals surface area contributed by atoms with Crippen LogP contribution in [0, 0.1) is 0 Å². The largest absolute Gasteiger partial charge is 0.493 e. The first-order valence-corrected chi connectivity index (χ1v) is 19.5. The van der Waals surface area contributed by atoms with Gasteiger partial charge in [-0.05, 0) is 61.9 Å². The van der Waals surface area contributed by atoms with Gasteiger partial charge in [-0.1, -0.05) is 36.4 Å². The van der Waals surface area contributed by atoms with Gasteiger partial charge in [0.15, 0.2) is 29.2 Å². The van der Waals surface area contributed by atoms with E-state index in [1.807, 2.05) is 47.1 Å². The average Bonchev–Trinajstić information content (AvgIpc) is 3.74. The summed E-state index contributed by atoms with van der Waals surface area (Å²) in [5.41, 5.74) is 4.77. The minimum Gasteiger partial charge on any atom is -0.493 e. The SMILES string of the molecule is C=C1C[C@H]2C=Nc3cc(OCCCCCOc4cc5c(cc4OC)C(=O)N4CC(=C)C[C@H]4[C@H](O)N5C(=O)OCc4ccc(NI)cc4)c(OC)cc3C(=O)N2C1. The number of hydrogen-bond donors (Lipinski definition) is 2. The van der Waals surface area contributed by atoms with Crippen molar-refractivity contribution in [3.8, 4) is 23.0 Å². The van der Waals surface area contributed by atoms with Crippen LogP contribution in [0.5, 0.6) is 23.0 Å². The molecule has 2 fully saturated rings. The lowest BCUT2D eigenvalue weighted by atomic mass is 10.1. The predicted octanol–water partition coefficient (Wildman–Crippen LogP) is 6.83. The van der Waals surface area contributed by atoms with Gasteiger partial charge in [0.05, 0.1) is 84.9 Å². The molecule has 4 heterocycles. The average molecular weight is 878 g/mol. The number of anilines is 2. The molecule has 0 bridgehead atoms. The van der Waals surface area contributed by atoms with Crippen LogP contribution in [0.4, 0.5) is 21.9 Å². The molecule has 56 heavy (non-hydrogen) atoms. The van der Waals surface area contributed by atoms with E-state index in [1.54, 1.807) is 35.4 Å². The number of halogens is 1. The predicted molar refractivity (Wildman–Crippen MR) is 219 cm³/mol. The number of amides is 3. The number of benzene rings is 3. The van der Waals surface area contributed by atoms with E-state index in [-0.39, 0.29) is 42.3 Å². The number of carbonyl (C=O) groups is 3. The molecule has 0 radical (unpaired) electrons. The van der Waals surface area contributed by atoms with Crippen LogP contribution in [-0.2, 0) is 11.3 Å². The Hall–Kier alpha value is -5.29. The molecule has 4 aliphatic rings. The molecular weight excluding hydrogens is 833 g/mol. The number of carbonyl (C=O) groups excluding carboxylic acids is 3. The van der Waals surface area contributed by atoms with Crippen LogP contribution in [0.3, 0.4) is 0 Å². The zero-order chi connectivity index (χ0) is 39.5. The standard InChI is InChI=1S/C41H44IN5O9/c1-24-14-28-20-43-31-18-36(34(52-3)16-29(31)38(48)45(28)21-24)54-12-6-5-7-13-55-37-19-32-30(17-35(37)53-4)39(49)46-22-25(2)15-33(46)40(50)47(32)41(51)56-23-26-8-10-27(44-42)11-9-26/h8-11,16-20,28,33,40,44,50H,1-2,5-7,12-15,21-23H2,3-4H3/t28-,33-,40-/m0/s1. The fraction of sp³-hybridized carbons (Fsp3) is 0.366. The highest BCUT2D eigenvalue weighted by molar-refractivity contribution is 14.1. The Morgan fingerprint density at radius 1 is 0.857 bits per heavy atom. The maximum atomic E-state index is 13.9. The Kier molecular flexibility index (Phi) is 11.7. The van der Waals surface area contributed by atoms with E-state index in [4.69, 9.17) is 23.7 Å². The number of hydrogen-bond acceptors (Lipinski definition) is 11. The highest BCUT2D eigenvalue weighted by Gasteiger charge is 2.46. The molecule has 2 saturated heterocycles. The molecule has 0 saturated carbocycles. The second-order valence-corrected chi connectivity index (χ2v) is 14.7. The van der Waals surface area contributed by atoms with Crippen molar-refractivity contribution in [3.05, 3.63) is 89.5 Å². The number of methoxy groups -OCH3 is 2. The van der Waals surface area contributed by atoms with Crippen LogP contribution >= 0.6 is 22.9 Å². The first-order chi connectivity index (χ1) is 27.1. The Bertz CT molecular complexity index is 2070. The summed E-state index contributed by atoms with van der Waals surface area (Å²) in [5, 5.41) is 11.7. The van der Waals surface area contributed by atoms with E-state index in [9.17, 15) is 19.5 Å². The molecule has 14 nitrogen and oxygen atoms in total. The molecule has 2 N–H and O–H groups in total. The van der Waals surface area contributed by atoms with E-state index in [0.29, 0.717) is 79.7 Å². The topological polar surface area (TPSA) is 152 Å². The van der Waals surface area contributed by atoms with Crippen molar-refractivity contribution >= 4 is 64.0 Å². The lowest BCUT2D eigenvalue weighted by Gasteiger charge is -2.31. The van der Waals surface area contributed by atoms with Crippen LogP contribution in [0.25, 0.3) is 0 Å². The smallest absolute Gasteiger partial charge is 0.416 e. The second kappa shape index (κ2) is 16.8. The fourth-order valence-electron chi connectivity index (χ4n) is 7.41. The highest BCUT2D eigenvalue weighted by Crippen LogP contribution is 2.42. The van der Waals surface area contributed by atoms with E-state index in [0.717, 1.165) is 33.7 Å². The summed E-state index contributed by atoms with van der Waals surface area (Å²) >= 11 is 2.04. The van der Waals surface area contributed by atoms with Crippen molar-refractivity contribution in [2.24, 2.45) is 4.99 Å². The summed E-state index contributed by atoms with van der Waals surface area (Å²) in [6, 6.07) is 13.1. The van der Waals surface area contributed by atoms with Gasteiger partial charge in [-0.25, -0.2) is 9.69 Å². The lowest BCUT2D eigenvalue weighted by molar-refractivity contribution is 0.0485. The van der Waals surface area contributed by atoms with Crippen molar-refractivity contribution in [3.63, 3.8) is 0 Å². The monoisotopic (exact) mass is 877 g/mol. The molecule has 0 unspecified atom stereocenters. The molecule has 3 atom stereocenters. The Morgan fingerprint density at radius 2 is 1.48 bits per heavy atom. The molecule has 7 rings (SSSR count). The quantitative estimate of drug-likeness (QED) is 0.0810. The van der Waals surface area contributed by atoms with Gasteiger partial charge in [0.1, 0.15) is 6.61 Å². The maximum Gasteiger partial charge on any atom is 0.416 e. The van der Waals surface area contributed by atoms with Crippen molar-refractivity contribution < 1.29 is 43.2 Å². The van der Waals surface area contributed by atoms with Crippen molar-refractivity contribution in [2.45, 2.75) is 57.0 Å². The van der Waals surface area contributed by atoms with E-state index < -0.39 is 18.4 Å². The summed E-state index contributed by atoms with van der Waals surface area (Å²) in [6.07, 6.45) is 2.73. The van der Waals surface area contributed by atoms with Gasteiger partial charge in [-0.3, -0.25) is 14.6 Å². The summed E-state index contributed by atoms with van der Waals surface area (Å²) < 4.78 is 32.2. The van der Waals surface area contributed by atoms with Crippen molar-refractivity contribution in [1.82, 2.24) is 9.80 Å². The molecular formula is C41H44IN5O9. The second-order valence-electron chi connectivity index (χ2n) is 14.1. The summed E-state index contributed by atoms with van der Waals surface area (Å²) in [4.78, 5) is 50.0. The van der Waals surface area contributed by atoms with Crippen molar-refractivity contribution in [1.29, 1.82) is 0 Å². The summed E-state index contributed by atoms with van der Waals surface area (Å²) in [5.74, 6) is 1.11.